The maximum atomic E-state index is 12.1. The molecular formula is C11H21O3P. The Kier molecular flexibility index (Phi) is 3.80. The summed E-state index contributed by atoms with van der Waals surface area (Å²) in [6, 6.07) is 0. The van der Waals surface area contributed by atoms with Gasteiger partial charge in [0.25, 0.3) is 0 Å². The maximum absolute atomic E-state index is 12.1. The van der Waals surface area contributed by atoms with Gasteiger partial charge < -0.3 is 9.05 Å². The third-order valence-electron chi connectivity index (χ3n) is 2.54. The molecule has 0 atom stereocenters. The van der Waals surface area contributed by atoms with Gasteiger partial charge in [0.1, 0.15) is 0 Å². The van der Waals surface area contributed by atoms with E-state index in [1.54, 1.807) is 5.82 Å². The van der Waals surface area contributed by atoms with Crippen LogP contribution in [-0.2, 0) is 13.6 Å². The molecule has 0 aliphatic carbocycles. The highest BCUT2D eigenvalue weighted by Gasteiger charge is 2.35. The molecule has 0 aromatic carbocycles. The van der Waals surface area contributed by atoms with Crippen LogP contribution in [0.2, 0.25) is 0 Å². The van der Waals surface area contributed by atoms with Crippen LogP contribution in [0.25, 0.3) is 0 Å². The van der Waals surface area contributed by atoms with Gasteiger partial charge in [-0.3, -0.25) is 4.57 Å². The van der Waals surface area contributed by atoms with Crippen molar-refractivity contribution in [3.8, 4) is 0 Å². The van der Waals surface area contributed by atoms with Crippen molar-refractivity contribution in [3.63, 3.8) is 0 Å². The van der Waals surface area contributed by atoms with E-state index in [9.17, 15) is 4.57 Å². The normalized spacial score (nSPS) is 25.6. The Labute approximate surface area is 92.4 Å². The first-order chi connectivity index (χ1) is 6.74. The molecule has 15 heavy (non-hydrogen) atoms. The smallest absolute Gasteiger partial charge is 0.305 e. The quantitative estimate of drug-likeness (QED) is 0.679. The van der Waals surface area contributed by atoms with E-state index in [1.807, 2.05) is 20.8 Å². The van der Waals surface area contributed by atoms with Gasteiger partial charge in [0.2, 0.25) is 0 Å². The summed E-state index contributed by atoms with van der Waals surface area (Å²) < 4.78 is 22.8. The minimum Gasteiger partial charge on any atom is -0.305 e. The molecule has 1 saturated heterocycles. The van der Waals surface area contributed by atoms with E-state index >= 15 is 0 Å². The van der Waals surface area contributed by atoms with Crippen LogP contribution in [0.4, 0.5) is 0 Å². The van der Waals surface area contributed by atoms with E-state index < -0.39 is 7.60 Å². The van der Waals surface area contributed by atoms with Gasteiger partial charge >= 0.3 is 7.60 Å². The summed E-state index contributed by atoms with van der Waals surface area (Å²) in [5.41, 5.74) is 1.02. The molecule has 1 aliphatic rings. The molecule has 0 spiro atoms. The van der Waals surface area contributed by atoms with Crippen LogP contribution in [0.5, 0.6) is 0 Å². The first-order valence-corrected chi connectivity index (χ1v) is 6.93. The molecular weight excluding hydrogens is 211 g/mol. The molecule has 0 unspecified atom stereocenters. The van der Waals surface area contributed by atoms with E-state index in [4.69, 9.17) is 9.05 Å². The molecule has 3 nitrogen and oxygen atoms in total. The molecule has 0 bridgehead atoms. The lowest BCUT2D eigenvalue weighted by molar-refractivity contribution is 0.0456. The van der Waals surface area contributed by atoms with Crippen LogP contribution >= 0.6 is 7.60 Å². The van der Waals surface area contributed by atoms with Crippen LogP contribution in [0, 0.1) is 11.3 Å². The maximum Gasteiger partial charge on any atom is 0.354 e. The summed E-state index contributed by atoms with van der Waals surface area (Å²) in [4.78, 5) is 0. The molecule has 1 aliphatic heterocycles. The van der Waals surface area contributed by atoms with Gasteiger partial charge in [0, 0.05) is 11.2 Å². The van der Waals surface area contributed by atoms with Crippen molar-refractivity contribution in [2.75, 3.05) is 13.2 Å². The van der Waals surface area contributed by atoms with E-state index in [2.05, 4.69) is 13.8 Å². The van der Waals surface area contributed by atoms with Crippen molar-refractivity contribution in [2.24, 2.45) is 11.3 Å². The Morgan fingerprint density at radius 2 is 1.80 bits per heavy atom. The predicted octanol–water partition coefficient (Wildman–Crippen LogP) is 3.81. The Hall–Kier alpha value is -0.110. The summed E-state index contributed by atoms with van der Waals surface area (Å²) in [5.74, 6) is 2.03. The fraction of sp³-hybridized carbons (Fsp3) is 0.818. The van der Waals surface area contributed by atoms with E-state index in [0.29, 0.717) is 19.1 Å². The van der Waals surface area contributed by atoms with Gasteiger partial charge in [-0.05, 0) is 12.8 Å². The highest BCUT2D eigenvalue weighted by Crippen LogP contribution is 2.55. The zero-order chi connectivity index (χ0) is 11.7. The summed E-state index contributed by atoms with van der Waals surface area (Å²) in [6.45, 7) is 11.1. The van der Waals surface area contributed by atoms with Gasteiger partial charge in [-0.2, -0.15) is 0 Å². The summed E-state index contributed by atoms with van der Waals surface area (Å²) >= 11 is 0. The van der Waals surface area contributed by atoms with Crippen molar-refractivity contribution in [1.29, 1.82) is 0 Å². The van der Waals surface area contributed by atoms with Gasteiger partial charge in [-0.15, -0.1) is 0 Å². The molecule has 0 N–H and O–H groups in total. The largest absolute Gasteiger partial charge is 0.354 e. The van der Waals surface area contributed by atoms with Crippen molar-refractivity contribution in [3.05, 3.63) is 11.4 Å². The topological polar surface area (TPSA) is 35.5 Å². The van der Waals surface area contributed by atoms with Crippen LogP contribution in [0.3, 0.4) is 0 Å². The van der Waals surface area contributed by atoms with Crippen LogP contribution in [0.15, 0.2) is 11.4 Å². The molecule has 0 radical (unpaired) electrons. The van der Waals surface area contributed by atoms with Crippen LogP contribution in [-0.4, -0.2) is 13.2 Å². The number of allylic oxidation sites excluding steroid dienone is 1. The summed E-state index contributed by atoms with van der Waals surface area (Å²) in [5, 5.41) is 0. The average Bonchev–Trinajstić information content (AvgIpc) is 2.11. The van der Waals surface area contributed by atoms with E-state index in [1.165, 1.54) is 0 Å². The van der Waals surface area contributed by atoms with Gasteiger partial charge in [0.05, 0.1) is 13.2 Å². The second-order valence-electron chi connectivity index (χ2n) is 5.28. The minimum absolute atomic E-state index is 0.0342. The molecule has 0 amide bonds. The van der Waals surface area contributed by atoms with Crippen LogP contribution in [0.1, 0.15) is 34.6 Å². The lowest BCUT2D eigenvalue weighted by Crippen LogP contribution is -2.29. The highest BCUT2D eigenvalue weighted by molar-refractivity contribution is 7.57. The first-order valence-electron chi connectivity index (χ1n) is 5.32. The Morgan fingerprint density at radius 3 is 2.20 bits per heavy atom. The zero-order valence-electron chi connectivity index (χ0n) is 10.2. The zero-order valence-corrected chi connectivity index (χ0v) is 11.1. The molecule has 0 aromatic rings. The lowest BCUT2D eigenvalue weighted by Gasteiger charge is -2.33. The minimum atomic E-state index is -2.97. The fourth-order valence-corrected chi connectivity index (χ4v) is 3.16. The average molecular weight is 232 g/mol. The molecule has 1 rings (SSSR count). The Balaban J connectivity index is 2.72. The highest BCUT2D eigenvalue weighted by atomic mass is 31.2. The van der Waals surface area contributed by atoms with Crippen molar-refractivity contribution < 1.29 is 13.6 Å². The Bertz CT molecular complexity index is 291. The SMILES string of the molecule is C/C(=C\P1(=O)OCC(C)(C)CO1)C(C)C. The van der Waals surface area contributed by atoms with Crippen LogP contribution < -0.4 is 0 Å². The number of hydrogen-bond donors (Lipinski definition) is 0. The fourth-order valence-electron chi connectivity index (χ4n) is 1.08. The Morgan fingerprint density at radius 1 is 1.33 bits per heavy atom. The summed E-state index contributed by atoms with van der Waals surface area (Å²) in [6.07, 6.45) is 0. The van der Waals surface area contributed by atoms with E-state index in [-0.39, 0.29) is 5.41 Å². The third-order valence-corrected chi connectivity index (χ3v) is 4.24. The molecule has 1 heterocycles. The molecule has 4 heteroatoms. The molecule has 0 saturated carbocycles. The number of rotatable bonds is 2. The van der Waals surface area contributed by atoms with Crippen molar-refractivity contribution in [2.45, 2.75) is 34.6 Å². The molecule has 0 aromatic heterocycles. The van der Waals surface area contributed by atoms with Crippen molar-refractivity contribution >= 4 is 7.60 Å². The summed E-state index contributed by atoms with van der Waals surface area (Å²) in [7, 11) is -2.97. The van der Waals surface area contributed by atoms with Gasteiger partial charge in [-0.25, -0.2) is 0 Å². The van der Waals surface area contributed by atoms with Crippen molar-refractivity contribution in [1.82, 2.24) is 0 Å². The van der Waals surface area contributed by atoms with E-state index in [0.717, 1.165) is 5.57 Å². The number of hydrogen-bond acceptors (Lipinski definition) is 3. The predicted molar refractivity (Wildman–Crippen MR) is 61.9 cm³/mol. The van der Waals surface area contributed by atoms with Gasteiger partial charge in [0.15, 0.2) is 0 Å². The van der Waals surface area contributed by atoms with Gasteiger partial charge in [-0.1, -0.05) is 33.3 Å². The second-order valence-corrected chi connectivity index (χ2v) is 7.13. The lowest BCUT2D eigenvalue weighted by atomic mass is 9.97. The standard InChI is InChI=1S/C11H21O3P/c1-9(2)10(3)6-15(12)13-7-11(4,5)8-14-15/h6,9H,7-8H2,1-5H3/b10-6+. The molecule has 88 valence electrons. The first kappa shape index (κ1) is 13.0. The third kappa shape index (κ3) is 3.75. The second kappa shape index (κ2) is 4.40. The monoisotopic (exact) mass is 232 g/mol. The molecule has 1 fully saturated rings.